The van der Waals surface area contributed by atoms with E-state index in [0.29, 0.717) is 63.5 Å². The Morgan fingerprint density at radius 3 is 2.36 bits per heavy atom. The minimum Gasteiger partial charge on any atom is -0.356 e. The maximum atomic E-state index is 13.8. The second-order valence-electron chi connectivity index (χ2n) is 10.9. The lowest BCUT2D eigenvalue weighted by molar-refractivity contribution is -0.144. The molecule has 12 heteroatoms. The zero-order chi connectivity index (χ0) is 30.1. The van der Waals surface area contributed by atoms with Crippen molar-refractivity contribution < 1.29 is 22.8 Å². The summed E-state index contributed by atoms with van der Waals surface area (Å²) < 4.78 is 41.4. The van der Waals surface area contributed by atoms with Gasteiger partial charge in [-0.2, -0.15) is 18.4 Å². The number of alkyl halides is 3. The largest absolute Gasteiger partial charge is 0.451 e. The maximum absolute atomic E-state index is 13.8. The normalized spacial score (nSPS) is 17.4. The second-order valence-corrected chi connectivity index (χ2v) is 10.9. The Labute approximate surface area is 244 Å². The van der Waals surface area contributed by atoms with E-state index >= 15 is 0 Å². The lowest BCUT2D eigenvalue weighted by Crippen LogP contribution is -2.57. The molecule has 0 unspecified atom stereocenters. The SMILES string of the molecule is CCCNC(=O)CCCC1CCN(c2cc(N3CC[C@H]3C(=O)NCCc3ccc(C#N)cc3)nc(C(F)(F)F)n2)CC1. The van der Waals surface area contributed by atoms with Gasteiger partial charge in [-0.3, -0.25) is 9.59 Å². The lowest BCUT2D eigenvalue weighted by Gasteiger charge is -2.41. The first-order valence-corrected chi connectivity index (χ1v) is 14.7. The van der Waals surface area contributed by atoms with Gasteiger partial charge in [0.25, 0.3) is 0 Å². The molecule has 0 saturated carbocycles. The molecule has 42 heavy (non-hydrogen) atoms. The van der Waals surface area contributed by atoms with Gasteiger partial charge in [0.05, 0.1) is 11.6 Å². The molecule has 0 spiro atoms. The van der Waals surface area contributed by atoms with Crippen molar-refractivity contribution >= 4 is 23.5 Å². The Morgan fingerprint density at radius 1 is 1.02 bits per heavy atom. The molecule has 4 rings (SSSR count). The quantitative estimate of drug-likeness (QED) is 0.384. The molecular formula is C30H38F3N7O2. The van der Waals surface area contributed by atoms with E-state index in [1.54, 1.807) is 23.1 Å². The first-order valence-electron chi connectivity index (χ1n) is 14.7. The number of nitrogens with zero attached hydrogens (tertiary/aromatic N) is 5. The summed E-state index contributed by atoms with van der Waals surface area (Å²) in [6.07, 6.45) is 1.09. The molecule has 2 amide bonds. The van der Waals surface area contributed by atoms with Gasteiger partial charge >= 0.3 is 6.18 Å². The number of carbonyl (C=O) groups excluding carboxylic acids is 2. The Bertz CT molecular complexity index is 1260. The first kappa shape index (κ1) is 31.1. The van der Waals surface area contributed by atoms with E-state index in [1.807, 2.05) is 24.0 Å². The Balaban J connectivity index is 1.34. The van der Waals surface area contributed by atoms with Gasteiger partial charge in [-0.25, -0.2) is 9.97 Å². The molecule has 0 radical (unpaired) electrons. The molecule has 0 bridgehead atoms. The highest BCUT2D eigenvalue weighted by atomic mass is 19.4. The summed E-state index contributed by atoms with van der Waals surface area (Å²) in [5.41, 5.74) is 1.53. The number of aromatic nitrogens is 2. The maximum Gasteiger partial charge on any atom is 0.451 e. The molecule has 1 aromatic carbocycles. The molecule has 1 aromatic heterocycles. The predicted octanol–water partition coefficient (Wildman–Crippen LogP) is 4.22. The average molecular weight is 586 g/mol. The topological polar surface area (TPSA) is 114 Å². The number of rotatable bonds is 12. The van der Waals surface area contributed by atoms with Gasteiger partial charge in [-0.15, -0.1) is 0 Å². The van der Waals surface area contributed by atoms with E-state index in [-0.39, 0.29) is 23.5 Å². The predicted molar refractivity (Wildman–Crippen MR) is 153 cm³/mol. The van der Waals surface area contributed by atoms with Crippen LogP contribution in [-0.4, -0.2) is 60.5 Å². The van der Waals surface area contributed by atoms with Crippen molar-refractivity contribution in [2.24, 2.45) is 5.92 Å². The van der Waals surface area contributed by atoms with Crippen molar-refractivity contribution in [1.82, 2.24) is 20.6 Å². The van der Waals surface area contributed by atoms with E-state index in [2.05, 4.69) is 26.7 Å². The third-order valence-corrected chi connectivity index (χ3v) is 7.89. The molecule has 0 aliphatic carbocycles. The minimum absolute atomic E-state index is 0.0618. The molecule has 3 heterocycles. The van der Waals surface area contributed by atoms with Crippen molar-refractivity contribution in [2.75, 3.05) is 42.5 Å². The monoisotopic (exact) mass is 585 g/mol. The smallest absolute Gasteiger partial charge is 0.356 e. The number of nitriles is 1. The van der Waals surface area contributed by atoms with Crippen LogP contribution in [0, 0.1) is 17.2 Å². The van der Waals surface area contributed by atoms with Crippen LogP contribution in [0.15, 0.2) is 30.3 Å². The molecule has 9 nitrogen and oxygen atoms in total. The van der Waals surface area contributed by atoms with Gasteiger partial charge in [0.1, 0.15) is 17.7 Å². The van der Waals surface area contributed by atoms with Crippen molar-refractivity contribution in [1.29, 1.82) is 5.26 Å². The van der Waals surface area contributed by atoms with Gasteiger partial charge in [-0.1, -0.05) is 19.1 Å². The zero-order valence-electron chi connectivity index (χ0n) is 23.9. The molecule has 2 aromatic rings. The summed E-state index contributed by atoms with van der Waals surface area (Å²) in [7, 11) is 0. The fourth-order valence-corrected chi connectivity index (χ4v) is 5.34. The van der Waals surface area contributed by atoms with E-state index in [1.165, 1.54) is 0 Å². The summed E-state index contributed by atoms with van der Waals surface area (Å²) in [6, 6.07) is 10.1. The summed E-state index contributed by atoms with van der Waals surface area (Å²) in [4.78, 5) is 35.9. The molecule has 1 atom stereocenters. The van der Waals surface area contributed by atoms with Crippen LogP contribution in [0.1, 0.15) is 68.8 Å². The fraction of sp³-hybridized carbons (Fsp3) is 0.567. The number of nitrogens with one attached hydrogen (secondary N) is 2. The summed E-state index contributed by atoms with van der Waals surface area (Å²) >= 11 is 0. The molecule has 2 N–H and O–H groups in total. The lowest BCUT2D eigenvalue weighted by atomic mass is 9.91. The number of hydrogen-bond acceptors (Lipinski definition) is 7. The standard InChI is InChI=1S/C30H38F3N7O2/c1-2-14-35-27(41)5-3-4-21-11-16-39(17-12-21)25-19-26(38-29(37-25)30(31,32)33)40-18-13-24(40)28(42)36-15-10-22-6-8-23(20-34)9-7-22/h6-9,19,21,24H,2-5,10-18H2,1H3,(H,35,41)(H,36,42)/t24-/m0/s1. The molecular weight excluding hydrogens is 547 g/mol. The third kappa shape index (κ3) is 8.33. The Kier molecular flexibility index (Phi) is 10.6. The van der Waals surface area contributed by atoms with Crippen LogP contribution in [0.25, 0.3) is 0 Å². The number of benzene rings is 1. The van der Waals surface area contributed by atoms with Crippen molar-refractivity contribution in [3.05, 3.63) is 47.3 Å². The van der Waals surface area contributed by atoms with E-state index in [0.717, 1.165) is 37.7 Å². The number of anilines is 2. The van der Waals surface area contributed by atoms with E-state index in [9.17, 15) is 22.8 Å². The van der Waals surface area contributed by atoms with Gasteiger partial charge in [0.2, 0.25) is 17.6 Å². The van der Waals surface area contributed by atoms with Crippen LogP contribution in [0.5, 0.6) is 0 Å². The molecule has 226 valence electrons. The number of amides is 2. The zero-order valence-corrected chi connectivity index (χ0v) is 23.9. The summed E-state index contributed by atoms with van der Waals surface area (Å²) in [6.45, 7) is 4.62. The van der Waals surface area contributed by atoms with Crippen LogP contribution in [0.3, 0.4) is 0 Å². The van der Waals surface area contributed by atoms with Crippen molar-refractivity contribution in [3.63, 3.8) is 0 Å². The Hall–Kier alpha value is -3.88. The van der Waals surface area contributed by atoms with Gasteiger partial charge in [0, 0.05) is 45.2 Å². The van der Waals surface area contributed by atoms with Crippen LogP contribution >= 0.6 is 0 Å². The first-order chi connectivity index (χ1) is 20.2. The van der Waals surface area contributed by atoms with Crippen LogP contribution in [0.4, 0.5) is 24.8 Å². The average Bonchev–Trinajstić information content (AvgIpc) is 2.95. The minimum atomic E-state index is -4.72. The molecule has 2 saturated heterocycles. The molecule has 2 fully saturated rings. The second kappa shape index (κ2) is 14.3. The number of hydrogen-bond donors (Lipinski definition) is 2. The highest BCUT2D eigenvalue weighted by Crippen LogP contribution is 2.34. The third-order valence-electron chi connectivity index (χ3n) is 7.89. The van der Waals surface area contributed by atoms with Crippen LogP contribution in [-0.2, 0) is 22.2 Å². The summed E-state index contributed by atoms with van der Waals surface area (Å²) in [5, 5.41) is 14.7. The number of piperidine rings is 1. The fourth-order valence-electron chi connectivity index (χ4n) is 5.34. The van der Waals surface area contributed by atoms with E-state index in [4.69, 9.17) is 5.26 Å². The Morgan fingerprint density at radius 2 is 1.74 bits per heavy atom. The number of halogens is 3. The highest BCUT2D eigenvalue weighted by molar-refractivity contribution is 5.86. The number of carbonyl (C=O) groups is 2. The van der Waals surface area contributed by atoms with Gasteiger partial charge < -0.3 is 20.4 Å². The summed E-state index contributed by atoms with van der Waals surface area (Å²) in [5.74, 6) is -0.666. The van der Waals surface area contributed by atoms with Crippen LogP contribution in [0.2, 0.25) is 0 Å². The van der Waals surface area contributed by atoms with Gasteiger partial charge in [-0.05, 0) is 68.6 Å². The van der Waals surface area contributed by atoms with Crippen LogP contribution < -0.4 is 20.4 Å². The molecule has 2 aliphatic heterocycles. The van der Waals surface area contributed by atoms with Crippen molar-refractivity contribution in [3.8, 4) is 6.07 Å². The molecule has 2 aliphatic rings. The van der Waals surface area contributed by atoms with Crippen molar-refractivity contribution in [2.45, 2.75) is 70.5 Å². The highest BCUT2D eigenvalue weighted by Gasteiger charge is 2.40. The van der Waals surface area contributed by atoms with E-state index < -0.39 is 18.0 Å². The van der Waals surface area contributed by atoms with Gasteiger partial charge in [0.15, 0.2) is 0 Å².